The third kappa shape index (κ3) is 2.80. The molecule has 3 atom stereocenters. The van der Waals surface area contributed by atoms with Crippen molar-refractivity contribution in [2.75, 3.05) is 24.7 Å². The molecule has 2 amide bonds. The fourth-order valence-corrected chi connectivity index (χ4v) is 4.72. The monoisotopic (exact) mass is 311 g/mol. The molecule has 0 aromatic carbocycles. The van der Waals surface area contributed by atoms with Gasteiger partial charge in [-0.05, 0) is 38.6 Å². The van der Waals surface area contributed by atoms with Crippen molar-refractivity contribution >= 4 is 23.6 Å². The maximum atomic E-state index is 12.8. The minimum atomic E-state index is -0.248. The first-order valence-electron chi connectivity index (χ1n) is 8.00. The molecule has 3 fully saturated rings. The Bertz CT molecular complexity index is 427. The summed E-state index contributed by atoms with van der Waals surface area (Å²) in [7, 11) is 0. The Balaban J connectivity index is 1.67. The zero-order valence-corrected chi connectivity index (χ0v) is 13.5. The van der Waals surface area contributed by atoms with E-state index >= 15 is 0 Å². The van der Waals surface area contributed by atoms with Crippen molar-refractivity contribution in [1.82, 2.24) is 9.80 Å². The van der Waals surface area contributed by atoms with E-state index in [9.17, 15) is 9.59 Å². The standard InChI is InChI=1S/C15H25N3O2S/c1-10-5-11(6-16)7-17(10)15(20)13-8-21-9-18(13)14(19)12-3-2-4-12/h10-13H,2-9,16H2,1H3. The number of nitrogens with two attached hydrogens (primary N) is 1. The maximum Gasteiger partial charge on any atom is 0.246 e. The van der Waals surface area contributed by atoms with Gasteiger partial charge in [0.05, 0.1) is 5.88 Å². The summed E-state index contributed by atoms with van der Waals surface area (Å²) in [5.41, 5.74) is 5.75. The molecule has 2 N–H and O–H groups in total. The van der Waals surface area contributed by atoms with Crippen LogP contribution in [0.2, 0.25) is 0 Å². The molecule has 118 valence electrons. The van der Waals surface area contributed by atoms with Gasteiger partial charge in [0, 0.05) is 24.3 Å². The van der Waals surface area contributed by atoms with E-state index in [2.05, 4.69) is 6.92 Å². The molecule has 2 heterocycles. The average Bonchev–Trinajstić information content (AvgIpc) is 3.02. The summed E-state index contributed by atoms with van der Waals surface area (Å²) in [4.78, 5) is 29.1. The summed E-state index contributed by atoms with van der Waals surface area (Å²) in [6, 6.07) is -0.000575. The Morgan fingerprint density at radius 1 is 1.24 bits per heavy atom. The van der Waals surface area contributed by atoms with Crippen molar-refractivity contribution in [3.63, 3.8) is 0 Å². The second kappa shape index (κ2) is 6.16. The van der Waals surface area contributed by atoms with Crippen molar-refractivity contribution in [3.05, 3.63) is 0 Å². The number of carbonyl (C=O) groups excluding carboxylic acids is 2. The van der Waals surface area contributed by atoms with E-state index in [1.165, 1.54) is 0 Å². The number of nitrogens with zero attached hydrogens (tertiary/aromatic N) is 2. The van der Waals surface area contributed by atoms with E-state index in [4.69, 9.17) is 5.73 Å². The van der Waals surface area contributed by atoms with Gasteiger partial charge in [0.1, 0.15) is 6.04 Å². The van der Waals surface area contributed by atoms with Gasteiger partial charge in [-0.2, -0.15) is 0 Å². The molecule has 21 heavy (non-hydrogen) atoms. The van der Waals surface area contributed by atoms with E-state index in [0.717, 1.165) is 38.0 Å². The molecule has 2 saturated heterocycles. The minimum Gasteiger partial charge on any atom is -0.338 e. The fourth-order valence-electron chi connectivity index (χ4n) is 3.57. The van der Waals surface area contributed by atoms with Crippen LogP contribution in [0.5, 0.6) is 0 Å². The second-order valence-corrected chi connectivity index (χ2v) is 7.63. The number of likely N-dealkylation sites (tertiary alicyclic amines) is 1. The normalized spacial score (nSPS) is 33.3. The SMILES string of the molecule is CC1CC(CN)CN1C(=O)C1CSCN1C(=O)C1CCC1. The molecule has 3 unspecified atom stereocenters. The Morgan fingerprint density at radius 2 is 2.00 bits per heavy atom. The third-order valence-corrected chi connectivity index (χ3v) is 6.19. The lowest BCUT2D eigenvalue weighted by Crippen LogP contribution is -2.52. The molecule has 0 radical (unpaired) electrons. The van der Waals surface area contributed by atoms with E-state index in [0.29, 0.717) is 18.3 Å². The van der Waals surface area contributed by atoms with Crippen molar-refractivity contribution < 1.29 is 9.59 Å². The van der Waals surface area contributed by atoms with Crippen LogP contribution in [-0.2, 0) is 9.59 Å². The van der Waals surface area contributed by atoms with Crippen LogP contribution in [0.25, 0.3) is 0 Å². The molecule has 1 saturated carbocycles. The number of amides is 2. The molecule has 3 aliphatic rings. The van der Waals surface area contributed by atoms with Crippen LogP contribution in [0.15, 0.2) is 0 Å². The lowest BCUT2D eigenvalue weighted by atomic mass is 9.84. The van der Waals surface area contributed by atoms with Crippen molar-refractivity contribution in [2.24, 2.45) is 17.6 Å². The van der Waals surface area contributed by atoms with Crippen LogP contribution in [0.1, 0.15) is 32.6 Å². The van der Waals surface area contributed by atoms with E-state index < -0.39 is 0 Å². The summed E-state index contributed by atoms with van der Waals surface area (Å²) in [6.45, 7) is 3.48. The molecule has 0 aromatic rings. The lowest BCUT2D eigenvalue weighted by Gasteiger charge is -2.34. The van der Waals surface area contributed by atoms with Gasteiger partial charge in [0.2, 0.25) is 11.8 Å². The maximum absolute atomic E-state index is 12.8. The number of hydrogen-bond acceptors (Lipinski definition) is 4. The van der Waals surface area contributed by atoms with Gasteiger partial charge in [0.15, 0.2) is 0 Å². The van der Waals surface area contributed by atoms with Crippen LogP contribution in [0, 0.1) is 11.8 Å². The average molecular weight is 311 g/mol. The summed E-state index contributed by atoms with van der Waals surface area (Å²) in [5, 5.41) is 0. The Labute approximate surface area is 130 Å². The fraction of sp³-hybridized carbons (Fsp3) is 0.867. The summed E-state index contributed by atoms with van der Waals surface area (Å²) >= 11 is 1.70. The highest BCUT2D eigenvalue weighted by atomic mass is 32.2. The summed E-state index contributed by atoms with van der Waals surface area (Å²) < 4.78 is 0. The van der Waals surface area contributed by atoms with Gasteiger partial charge < -0.3 is 15.5 Å². The molecule has 5 nitrogen and oxygen atoms in total. The summed E-state index contributed by atoms with van der Waals surface area (Å²) in [5.74, 6) is 2.34. The first kappa shape index (κ1) is 15.2. The Morgan fingerprint density at radius 3 is 2.57 bits per heavy atom. The van der Waals surface area contributed by atoms with E-state index in [1.54, 1.807) is 11.8 Å². The number of hydrogen-bond donors (Lipinski definition) is 1. The first-order chi connectivity index (χ1) is 10.1. The van der Waals surface area contributed by atoms with Crippen molar-refractivity contribution in [2.45, 2.75) is 44.7 Å². The zero-order valence-electron chi connectivity index (χ0n) is 12.7. The van der Waals surface area contributed by atoms with E-state index in [1.807, 2.05) is 9.80 Å². The minimum absolute atomic E-state index is 0.135. The highest BCUT2D eigenvalue weighted by Gasteiger charge is 2.43. The first-order valence-corrected chi connectivity index (χ1v) is 9.16. The number of rotatable bonds is 3. The topological polar surface area (TPSA) is 66.6 Å². The van der Waals surface area contributed by atoms with Gasteiger partial charge in [-0.25, -0.2) is 0 Å². The van der Waals surface area contributed by atoms with Gasteiger partial charge in [-0.15, -0.1) is 11.8 Å². The molecule has 0 aromatic heterocycles. The third-order valence-electron chi connectivity index (χ3n) is 5.18. The van der Waals surface area contributed by atoms with Crippen LogP contribution >= 0.6 is 11.8 Å². The summed E-state index contributed by atoms with van der Waals surface area (Å²) in [6.07, 6.45) is 4.13. The van der Waals surface area contributed by atoms with Crippen LogP contribution in [0.4, 0.5) is 0 Å². The predicted octanol–water partition coefficient (Wildman–Crippen LogP) is 0.884. The lowest BCUT2D eigenvalue weighted by molar-refractivity contribution is -0.147. The van der Waals surface area contributed by atoms with Crippen LogP contribution in [0.3, 0.4) is 0 Å². The number of carbonyl (C=O) groups is 2. The molecule has 6 heteroatoms. The molecule has 0 spiro atoms. The quantitative estimate of drug-likeness (QED) is 0.840. The Hall–Kier alpha value is -0.750. The van der Waals surface area contributed by atoms with Crippen molar-refractivity contribution in [3.8, 4) is 0 Å². The zero-order chi connectivity index (χ0) is 15.0. The Kier molecular flexibility index (Phi) is 4.45. The van der Waals surface area contributed by atoms with Crippen LogP contribution in [-0.4, -0.2) is 58.4 Å². The van der Waals surface area contributed by atoms with Crippen molar-refractivity contribution in [1.29, 1.82) is 0 Å². The molecule has 1 aliphatic carbocycles. The molecule has 3 rings (SSSR count). The molecule has 0 bridgehead atoms. The predicted molar refractivity (Wildman–Crippen MR) is 83.6 cm³/mol. The highest BCUT2D eigenvalue weighted by molar-refractivity contribution is 7.99. The second-order valence-electron chi connectivity index (χ2n) is 6.63. The highest BCUT2D eigenvalue weighted by Crippen LogP contribution is 2.33. The van der Waals surface area contributed by atoms with E-state index in [-0.39, 0.29) is 29.8 Å². The molecular formula is C15H25N3O2S. The van der Waals surface area contributed by atoms with Gasteiger partial charge in [-0.3, -0.25) is 9.59 Å². The number of thioether (sulfide) groups is 1. The van der Waals surface area contributed by atoms with Gasteiger partial charge >= 0.3 is 0 Å². The van der Waals surface area contributed by atoms with Gasteiger partial charge in [-0.1, -0.05) is 6.42 Å². The smallest absolute Gasteiger partial charge is 0.246 e. The largest absolute Gasteiger partial charge is 0.338 e. The molecule has 2 aliphatic heterocycles. The molecular weight excluding hydrogens is 286 g/mol. The van der Waals surface area contributed by atoms with Crippen LogP contribution < -0.4 is 5.73 Å². The van der Waals surface area contributed by atoms with Gasteiger partial charge in [0.25, 0.3) is 0 Å².